The van der Waals surface area contributed by atoms with E-state index in [1.807, 2.05) is 0 Å². The van der Waals surface area contributed by atoms with Gasteiger partial charge in [0.1, 0.15) is 5.60 Å². The molecule has 0 radical (unpaired) electrons. The Morgan fingerprint density at radius 2 is 1.26 bits per heavy atom. The fraction of sp³-hybridized carbons (Fsp3) is 0.586. The molecule has 0 amide bonds. The van der Waals surface area contributed by atoms with Crippen molar-refractivity contribution in [2.24, 2.45) is 0 Å². The van der Waals surface area contributed by atoms with Crippen LogP contribution in [0.4, 0.5) is 0 Å². The maximum Gasteiger partial charge on any atom is 0.261 e. The largest absolute Gasteiger partial charge is 0.414 e. The number of fused-ring (bicyclic) bond motifs is 1. The van der Waals surface area contributed by atoms with Crippen molar-refractivity contribution in [3.05, 3.63) is 60.7 Å². The van der Waals surface area contributed by atoms with Crippen molar-refractivity contribution in [1.82, 2.24) is 0 Å². The van der Waals surface area contributed by atoms with E-state index in [-0.39, 0.29) is 34.0 Å². The summed E-state index contributed by atoms with van der Waals surface area (Å²) in [4.78, 5) is 0. The summed E-state index contributed by atoms with van der Waals surface area (Å²) in [6.07, 6.45) is 2.28. The van der Waals surface area contributed by atoms with Crippen LogP contribution in [-0.2, 0) is 13.6 Å². The molecular formula is C29H44O3Si2. The van der Waals surface area contributed by atoms with Gasteiger partial charge in [-0.15, -0.1) is 0 Å². The van der Waals surface area contributed by atoms with Crippen LogP contribution >= 0.6 is 0 Å². The normalized spacial score (nSPS) is 27.9. The second kappa shape index (κ2) is 8.70. The summed E-state index contributed by atoms with van der Waals surface area (Å²) >= 11 is 0. The molecule has 0 bridgehead atoms. The predicted molar refractivity (Wildman–Crippen MR) is 147 cm³/mol. The first-order chi connectivity index (χ1) is 15.7. The topological polar surface area (TPSA) is 31.0 Å². The summed E-state index contributed by atoms with van der Waals surface area (Å²) in [5.74, 6) is 0. The van der Waals surface area contributed by atoms with Gasteiger partial charge in [-0.2, -0.15) is 0 Å². The summed E-state index contributed by atoms with van der Waals surface area (Å²) in [5.41, 5.74) is -0.222. The Morgan fingerprint density at radius 3 is 1.71 bits per heavy atom. The fourth-order valence-electron chi connectivity index (χ4n) is 5.41. The van der Waals surface area contributed by atoms with Gasteiger partial charge in [-0.1, -0.05) is 102 Å². The standard InChI is InChI=1S/C29H44O3Si2/c1-27(2,3)33(8,9)31-22-20-25-29(7,30-25)26(21-22)32-34(28(4,5)6,23-16-12-10-13-17-23)24-18-14-11-15-19-24/h10-19,22,25-26H,20-21H2,1-9H3/t22-,25-,26-,29-/m1/s1. The lowest BCUT2D eigenvalue weighted by atomic mass is 9.86. The Hall–Kier alpha value is -1.25. The molecule has 4 atom stereocenters. The molecule has 1 aliphatic heterocycles. The molecule has 0 spiro atoms. The van der Waals surface area contributed by atoms with Crippen LogP contribution in [0.25, 0.3) is 0 Å². The minimum atomic E-state index is -2.65. The molecule has 1 aliphatic carbocycles. The summed E-state index contributed by atoms with van der Waals surface area (Å²) in [7, 11) is -4.53. The summed E-state index contributed by atoms with van der Waals surface area (Å²) in [5, 5.41) is 2.78. The molecule has 1 saturated carbocycles. The third-order valence-corrected chi connectivity index (χ3v) is 18.2. The number of ether oxygens (including phenoxy) is 1. The Morgan fingerprint density at radius 1 is 0.765 bits per heavy atom. The van der Waals surface area contributed by atoms with Crippen molar-refractivity contribution < 1.29 is 13.6 Å². The van der Waals surface area contributed by atoms with Crippen LogP contribution in [0.3, 0.4) is 0 Å². The molecule has 2 aliphatic rings. The van der Waals surface area contributed by atoms with Gasteiger partial charge >= 0.3 is 0 Å². The summed E-state index contributed by atoms with van der Waals surface area (Å²) in [6.45, 7) is 20.9. The number of hydrogen-bond donors (Lipinski definition) is 0. The van der Waals surface area contributed by atoms with Gasteiger partial charge in [0, 0.05) is 12.8 Å². The SMILES string of the molecule is CC(C)(C)[Si](C)(C)O[C@@H]1C[C@H]2O[C@@]2(C)[C@H](O[Si](c2ccccc2)(c2ccccc2)C(C)(C)C)C1. The molecule has 1 heterocycles. The van der Waals surface area contributed by atoms with Gasteiger partial charge in [-0.25, -0.2) is 0 Å². The van der Waals surface area contributed by atoms with E-state index >= 15 is 0 Å². The zero-order valence-electron chi connectivity index (χ0n) is 22.6. The monoisotopic (exact) mass is 496 g/mol. The number of rotatable bonds is 6. The van der Waals surface area contributed by atoms with Crippen LogP contribution in [0.2, 0.25) is 23.2 Å². The zero-order valence-corrected chi connectivity index (χ0v) is 24.6. The highest BCUT2D eigenvalue weighted by Gasteiger charge is 2.65. The van der Waals surface area contributed by atoms with Gasteiger partial charge in [0.15, 0.2) is 8.32 Å². The molecule has 3 nitrogen and oxygen atoms in total. The van der Waals surface area contributed by atoms with Crippen molar-refractivity contribution in [1.29, 1.82) is 0 Å². The van der Waals surface area contributed by atoms with Crippen molar-refractivity contribution in [3.63, 3.8) is 0 Å². The molecule has 2 aromatic carbocycles. The van der Waals surface area contributed by atoms with E-state index in [1.54, 1.807) is 0 Å². The number of hydrogen-bond acceptors (Lipinski definition) is 3. The quantitative estimate of drug-likeness (QED) is 0.349. The van der Waals surface area contributed by atoms with E-state index in [4.69, 9.17) is 13.6 Å². The van der Waals surface area contributed by atoms with Gasteiger partial charge in [-0.3, -0.25) is 0 Å². The van der Waals surface area contributed by atoms with Gasteiger partial charge in [0.2, 0.25) is 0 Å². The third kappa shape index (κ3) is 4.50. The minimum Gasteiger partial charge on any atom is -0.414 e. The predicted octanol–water partition coefficient (Wildman–Crippen LogP) is 6.27. The highest BCUT2D eigenvalue weighted by Crippen LogP contribution is 2.52. The zero-order chi connectivity index (χ0) is 25.0. The van der Waals surface area contributed by atoms with Crippen molar-refractivity contribution >= 4 is 27.0 Å². The van der Waals surface area contributed by atoms with Crippen LogP contribution in [0.15, 0.2) is 60.7 Å². The highest BCUT2D eigenvalue weighted by molar-refractivity contribution is 6.99. The molecule has 0 N–H and O–H groups in total. The maximum absolute atomic E-state index is 7.55. The summed E-state index contributed by atoms with van der Waals surface area (Å²) in [6, 6.07) is 21.9. The highest BCUT2D eigenvalue weighted by atomic mass is 28.4. The first-order valence-electron chi connectivity index (χ1n) is 12.9. The molecule has 5 heteroatoms. The van der Waals surface area contributed by atoms with Crippen molar-refractivity contribution in [2.45, 2.75) is 108 Å². The fourth-order valence-corrected chi connectivity index (χ4v) is 11.6. The lowest BCUT2D eigenvalue weighted by Gasteiger charge is -2.48. The Labute approximate surface area is 209 Å². The molecule has 1 saturated heterocycles. The molecule has 0 aromatic heterocycles. The molecule has 186 valence electrons. The average Bonchev–Trinajstić information content (AvgIpc) is 3.42. The van der Waals surface area contributed by atoms with Crippen molar-refractivity contribution in [2.75, 3.05) is 0 Å². The second-order valence-corrected chi connectivity index (χ2v) is 22.0. The molecule has 2 aromatic rings. The lowest BCUT2D eigenvalue weighted by Crippen LogP contribution is -2.69. The molecule has 2 fully saturated rings. The Kier molecular flexibility index (Phi) is 6.61. The van der Waals surface area contributed by atoms with Gasteiger partial charge in [0.25, 0.3) is 8.32 Å². The molecule has 4 rings (SSSR count). The Balaban J connectivity index is 1.74. The van der Waals surface area contributed by atoms with Crippen LogP contribution in [0.1, 0.15) is 61.3 Å². The molecule has 0 unspecified atom stereocenters. The Bertz CT molecular complexity index is 938. The van der Waals surface area contributed by atoms with Gasteiger partial charge in [0.05, 0.1) is 18.3 Å². The van der Waals surface area contributed by atoms with E-state index in [2.05, 4.69) is 122 Å². The van der Waals surface area contributed by atoms with Crippen LogP contribution < -0.4 is 10.4 Å². The van der Waals surface area contributed by atoms with Gasteiger partial charge < -0.3 is 13.6 Å². The molecule has 34 heavy (non-hydrogen) atoms. The van der Waals surface area contributed by atoms with E-state index in [0.717, 1.165) is 12.8 Å². The first-order valence-corrected chi connectivity index (χ1v) is 17.7. The van der Waals surface area contributed by atoms with Crippen LogP contribution in [0.5, 0.6) is 0 Å². The van der Waals surface area contributed by atoms with Gasteiger partial charge in [-0.05, 0) is 40.5 Å². The number of epoxide rings is 1. The van der Waals surface area contributed by atoms with Crippen LogP contribution in [-0.4, -0.2) is 40.5 Å². The number of benzene rings is 2. The molecular weight excluding hydrogens is 452 g/mol. The average molecular weight is 497 g/mol. The van der Waals surface area contributed by atoms with E-state index in [0.29, 0.717) is 0 Å². The smallest absolute Gasteiger partial charge is 0.261 e. The van der Waals surface area contributed by atoms with Crippen LogP contribution in [0, 0.1) is 0 Å². The van der Waals surface area contributed by atoms with E-state index in [9.17, 15) is 0 Å². The van der Waals surface area contributed by atoms with Crippen molar-refractivity contribution in [3.8, 4) is 0 Å². The lowest BCUT2D eigenvalue weighted by molar-refractivity contribution is 0.0379. The second-order valence-electron chi connectivity index (χ2n) is 13.0. The first kappa shape index (κ1) is 25.8. The minimum absolute atomic E-state index is 0.00678. The van der Waals surface area contributed by atoms with E-state index < -0.39 is 16.6 Å². The summed E-state index contributed by atoms with van der Waals surface area (Å²) < 4.78 is 20.8. The maximum atomic E-state index is 7.55. The third-order valence-electron chi connectivity index (χ3n) is 8.57. The van der Waals surface area contributed by atoms with E-state index in [1.165, 1.54) is 10.4 Å².